The minimum absolute atomic E-state index is 0.492. The van der Waals surface area contributed by atoms with Gasteiger partial charge in [-0.1, -0.05) is 0 Å². The van der Waals surface area contributed by atoms with Gasteiger partial charge in [-0.3, -0.25) is 0 Å². The van der Waals surface area contributed by atoms with Crippen LogP contribution in [0.25, 0.3) is 0 Å². The zero-order valence-electron chi connectivity index (χ0n) is 17.2. The molecule has 2 nitrogen and oxygen atoms in total. The topological polar surface area (TPSA) is 24.1 Å². The molecule has 140 valence electrons. The summed E-state index contributed by atoms with van der Waals surface area (Å²) in [7, 11) is 0. The first-order valence-electron chi connectivity index (χ1n) is 10.6. The Kier molecular flexibility index (Phi) is 10.8. The average molecular weight is 334 g/mol. The van der Waals surface area contributed by atoms with Gasteiger partial charge in [-0.05, 0) is 0 Å². The van der Waals surface area contributed by atoms with Crippen LogP contribution in [-0.4, -0.2) is 25.7 Å². The molecule has 0 atom stereocenters. The number of hydrogen-bond acceptors (Lipinski definition) is 2. The Hall–Kier alpha value is -0.465. The van der Waals surface area contributed by atoms with Crippen molar-refractivity contribution in [2.45, 2.75) is 98.7 Å². The Morgan fingerprint density at radius 3 is 2.12 bits per heavy atom. The third kappa shape index (κ3) is 9.13. The molecule has 1 aliphatic rings. The number of rotatable bonds is 11. The van der Waals surface area contributed by atoms with E-state index in [-0.39, 0.29) is 0 Å². The SMILES string of the molecule is CB=C(NCCCCCCCC)NCC1CCC(C(C)(C)C)CC1. The van der Waals surface area contributed by atoms with E-state index in [9.17, 15) is 0 Å². The molecular weight excluding hydrogens is 291 g/mol. The first-order chi connectivity index (χ1) is 11.5. The molecule has 0 spiro atoms. The maximum atomic E-state index is 3.65. The van der Waals surface area contributed by atoms with Crippen LogP contribution in [0.5, 0.6) is 0 Å². The van der Waals surface area contributed by atoms with E-state index in [1.54, 1.807) is 0 Å². The summed E-state index contributed by atoms with van der Waals surface area (Å²) in [6, 6.07) is 0. The summed E-state index contributed by atoms with van der Waals surface area (Å²) in [5.41, 5.74) is 1.73. The molecule has 2 N–H and O–H groups in total. The molecule has 0 heterocycles. The van der Waals surface area contributed by atoms with E-state index in [1.807, 2.05) is 0 Å². The van der Waals surface area contributed by atoms with E-state index >= 15 is 0 Å². The average Bonchev–Trinajstić information content (AvgIpc) is 2.56. The van der Waals surface area contributed by atoms with Crippen LogP contribution in [0, 0.1) is 17.3 Å². The van der Waals surface area contributed by atoms with Gasteiger partial charge in [0.15, 0.2) is 0 Å². The molecule has 1 saturated carbocycles. The Morgan fingerprint density at radius 2 is 1.54 bits per heavy atom. The van der Waals surface area contributed by atoms with Gasteiger partial charge in [0, 0.05) is 0 Å². The molecule has 0 aliphatic heterocycles. The second kappa shape index (κ2) is 12.0. The van der Waals surface area contributed by atoms with Gasteiger partial charge in [-0.25, -0.2) is 0 Å². The zero-order valence-corrected chi connectivity index (χ0v) is 17.2. The molecule has 0 unspecified atom stereocenters. The Morgan fingerprint density at radius 1 is 0.917 bits per heavy atom. The molecule has 0 aromatic heterocycles. The zero-order chi connectivity index (χ0) is 17.8. The monoisotopic (exact) mass is 334 g/mol. The molecule has 0 amide bonds. The molecule has 0 bridgehead atoms. The fourth-order valence-electron chi connectivity index (χ4n) is 3.88. The molecule has 0 saturated heterocycles. The second-order valence-corrected chi connectivity index (χ2v) is 8.86. The van der Waals surface area contributed by atoms with Crippen molar-refractivity contribution < 1.29 is 0 Å². The summed E-state index contributed by atoms with van der Waals surface area (Å²) in [4.78, 5) is 0. The van der Waals surface area contributed by atoms with Crippen molar-refractivity contribution in [1.29, 1.82) is 0 Å². The van der Waals surface area contributed by atoms with Gasteiger partial charge in [0.05, 0.1) is 0 Å². The summed E-state index contributed by atoms with van der Waals surface area (Å²) >= 11 is 0. The minimum atomic E-state index is 0.492. The predicted octanol–water partition coefficient (Wildman–Crippen LogP) is 5.22. The van der Waals surface area contributed by atoms with Crippen molar-refractivity contribution in [3.8, 4) is 0 Å². The van der Waals surface area contributed by atoms with Gasteiger partial charge in [0.1, 0.15) is 0 Å². The van der Waals surface area contributed by atoms with Crippen molar-refractivity contribution in [2.75, 3.05) is 13.1 Å². The van der Waals surface area contributed by atoms with Crippen LogP contribution in [0.15, 0.2) is 0 Å². The van der Waals surface area contributed by atoms with Gasteiger partial charge >= 0.3 is 152 Å². The molecule has 1 rings (SSSR count). The fourth-order valence-corrected chi connectivity index (χ4v) is 3.88. The van der Waals surface area contributed by atoms with Gasteiger partial charge in [-0.2, -0.15) is 0 Å². The third-order valence-corrected chi connectivity index (χ3v) is 5.79. The molecular formula is C21H43BN2. The summed E-state index contributed by atoms with van der Waals surface area (Å²) < 4.78 is 0. The van der Waals surface area contributed by atoms with E-state index in [0.717, 1.165) is 24.9 Å². The normalized spacial score (nSPS) is 22.1. The molecule has 3 heteroatoms. The van der Waals surface area contributed by atoms with Crippen molar-refractivity contribution in [1.82, 2.24) is 10.6 Å². The summed E-state index contributed by atoms with van der Waals surface area (Å²) in [6.07, 6.45) is 13.8. The van der Waals surface area contributed by atoms with Crippen LogP contribution >= 0.6 is 0 Å². The summed E-state index contributed by atoms with van der Waals surface area (Å²) in [5.74, 6) is 1.77. The van der Waals surface area contributed by atoms with Crippen LogP contribution in [0.4, 0.5) is 0 Å². The summed E-state index contributed by atoms with van der Waals surface area (Å²) in [5, 5.41) is 7.24. The number of hydrogen-bond donors (Lipinski definition) is 2. The Balaban J connectivity index is 2.10. The first-order valence-corrected chi connectivity index (χ1v) is 10.6. The van der Waals surface area contributed by atoms with Gasteiger partial charge in [-0.15, -0.1) is 0 Å². The van der Waals surface area contributed by atoms with E-state index in [1.165, 1.54) is 69.9 Å². The number of unbranched alkanes of at least 4 members (excludes halogenated alkanes) is 5. The van der Waals surface area contributed by atoms with Gasteiger partial charge in [0.2, 0.25) is 0 Å². The molecule has 0 aromatic rings. The number of nitrogens with one attached hydrogen (secondary N) is 2. The molecule has 0 radical (unpaired) electrons. The predicted molar refractivity (Wildman–Crippen MR) is 111 cm³/mol. The standard InChI is InChI=1S/C21H43BN2/c1-6-7-8-9-10-11-16-23-20(22-5)24-17-18-12-14-19(15-13-18)21(2,3)4/h18-19,23-24H,6-17H2,1-5H3. The fraction of sp³-hybridized carbons (Fsp3) is 0.952. The molecule has 1 fully saturated rings. The van der Waals surface area contributed by atoms with E-state index in [2.05, 4.69) is 52.1 Å². The molecule has 1 aliphatic carbocycles. The second-order valence-electron chi connectivity index (χ2n) is 8.86. The third-order valence-electron chi connectivity index (χ3n) is 5.79. The van der Waals surface area contributed by atoms with E-state index in [4.69, 9.17) is 0 Å². The first kappa shape index (κ1) is 21.6. The maximum absolute atomic E-state index is 3.65. The van der Waals surface area contributed by atoms with Crippen LogP contribution in [0.2, 0.25) is 6.82 Å². The van der Waals surface area contributed by atoms with Crippen LogP contribution in [0.3, 0.4) is 0 Å². The Labute approximate surface area is 152 Å². The summed E-state index contributed by atoms with van der Waals surface area (Å²) in [6.45, 7) is 16.1. The van der Waals surface area contributed by atoms with Crippen LogP contribution in [0.1, 0.15) is 91.9 Å². The molecule has 0 aromatic carbocycles. The van der Waals surface area contributed by atoms with Crippen molar-refractivity contribution in [3.05, 3.63) is 0 Å². The van der Waals surface area contributed by atoms with Crippen LogP contribution in [-0.2, 0) is 0 Å². The Bertz CT molecular complexity index is 338. The van der Waals surface area contributed by atoms with Gasteiger partial charge < -0.3 is 0 Å². The quantitative estimate of drug-likeness (QED) is 0.400. The van der Waals surface area contributed by atoms with Crippen molar-refractivity contribution in [3.63, 3.8) is 0 Å². The van der Waals surface area contributed by atoms with Crippen molar-refractivity contribution in [2.24, 2.45) is 17.3 Å². The van der Waals surface area contributed by atoms with Crippen molar-refractivity contribution >= 4 is 12.6 Å². The van der Waals surface area contributed by atoms with E-state index in [0.29, 0.717) is 5.41 Å². The van der Waals surface area contributed by atoms with Gasteiger partial charge in [0.25, 0.3) is 0 Å². The van der Waals surface area contributed by atoms with E-state index < -0.39 is 0 Å². The molecule has 24 heavy (non-hydrogen) atoms. The van der Waals surface area contributed by atoms with Crippen LogP contribution < -0.4 is 10.6 Å².